The third kappa shape index (κ3) is 3.34. The second-order valence-corrected chi connectivity index (χ2v) is 9.21. The zero-order valence-electron chi connectivity index (χ0n) is 16.5. The highest BCUT2D eigenvalue weighted by Crippen LogP contribution is 2.55. The fourth-order valence-electron chi connectivity index (χ4n) is 6.10. The van der Waals surface area contributed by atoms with E-state index in [-0.39, 0.29) is 22.6 Å². The summed E-state index contributed by atoms with van der Waals surface area (Å²) in [7, 11) is 0. The molecule has 4 aliphatic carbocycles. The van der Waals surface area contributed by atoms with Crippen LogP contribution in [0.4, 0.5) is 0 Å². The number of carbonyl (C=O) groups is 2. The first kappa shape index (κ1) is 18.4. The van der Waals surface area contributed by atoms with Crippen molar-refractivity contribution in [1.29, 1.82) is 0 Å². The van der Waals surface area contributed by atoms with Crippen LogP contribution in [0.3, 0.4) is 0 Å². The molecule has 4 fully saturated rings. The number of rotatable bonds is 4. The Kier molecular flexibility index (Phi) is 4.26. The maximum absolute atomic E-state index is 12.8. The Morgan fingerprint density at radius 3 is 2.38 bits per heavy atom. The van der Waals surface area contributed by atoms with Gasteiger partial charge in [-0.1, -0.05) is 12.1 Å². The molecule has 0 unspecified atom stereocenters. The molecule has 1 aromatic carbocycles. The fraction of sp³-hybridized carbons (Fsp3) is 0.522. The number of para-hydroxylation sites is 1. The maximum atomic E-state index is 12.8. The lowest BCUT2D eigenvalue weighted by atomic mass is 9.53. The van der Waals surface area contributed by atoms with Crippen LogP contribution in [0.25, 0.3) is 11.0 Å². The number of fused-ring (bicyclic) bond motifs is 1. The molecule has 6 rings (SSSR count). The summed E-state index contributed by atoms with van der Waals surface area (Å²) in [5.41, 5.74) is -0.135. The van der Waals surface area contributed by atoms with Crippen LogP contribution >= 0.6 is 0 Å². The monoisotopic (exact) mass is 395 g/mol. The standard InChI is InChI=1S/C23H25NO5/c1-13(21(26)24-23-10-14-6-15(11-23)8-16(7-14)12-23)28-22(27)20-9-18(25)17-4-2-3-5-19(17)29-20/h2-5,9,13-16H,6-8,10-12H2,1H3,(H,24,26)/t13-,14?,15?,16?,23?/m0/s1. The van der Waals surface area contributed by atoms with E-state index in [9.17, 15) is 14.4 Å². The van der Waals surface area contributed by atoms with Gasteiger partial charge in [0.1, 0.15) is 5.58 Å². The van der Waals surface area contributed by atoms with Gasteiger partial charge in [0.05, 0.1) is 5.39 Å². The van der Waals surface area contributed by atoms with E-state index in [0.717, 1.165) is 25.3 Å². The summed E-state index contributed by atoms with van der Waals surface area (Å²) in [6.07, 6.45) is 6.02. The van der Waals surface area contributed by atoms with Crippen molar-refractivity contribution in [3.8, 4) is 0 Å². The molecular formula is C23H25NO5. The van der Waals surface area contributed by atoms with Crippen LogP contribution in [0.15, 0.2) is 39.5 Å². The molecule has 152 valence electrons. The van der Waals surface area contributed by atoms with Gasteiger partial charge in [-0.15, -0.1) is 0 Å². The highest BCUT2D eigenvalue weighted by Gasteiger charge is 2.51. The number of carbonyl (C=O) groups excluding carboxylic acids is 2. The van der Waals surface area contributed by atoms with Gasteiger partial charge in [0, 0.05) is 11.6 Å². The third-order valence-corrected chi connectivity index (χ3v) is 6.92. The molecule has 6 heteroatoms. The van der Waals surface area contributed by atoms with Gasteiger partial charge in [0.2, 0.25) is 5.76 Å². The van der Waals surface area contributed by atoms with Crippen molar-refractivity contribution in [3.63, 3.8) is 0 Å². The van der Waals surface area contributed by atoms with Gasteiger partial charge in [0.25, 0.3) is 5.91 Å². The summed E-state index contributed by atoms with van der Waals surface area (Å²) in [4.78, 5) is 37.5. The molecule has 4 aliphatic rings. The average Bonchev–Trinajstić information content (AvgIpc) is 2.66. The number of benzene rings is 1. The lowest BCUT2D eigenvalue weighted by molar-refractivity contribution is -0.135. The van der Waals surface area contributed by atoms with Crippen molar-refractivity contribution in [1.82, 2.24) is 5.32 Å². The van der Waals surface area contributed by atoms with Gasteiger partial charge in [0.15, 0.2) is 11.5 Å². The van der Waals surface area contributed by atoms with Crippen LogP contribution in [0.2, 0.25) is 0 Å². The minimum absolute atomic E-state index is 0.137. The summed E-state index contributed by atoms with van der Waals surface area (Å²) in [5.74, 6) is 0.872. The van der Waals surface area contributed by atoms with Crippen molar-refractivity contribution in [2.24, 2.45) is 17.8 Å². The van der Waals surface area contributed by atoms with Gasteiger partial charge in [-0.25, -0.2) is 4.79 Å². The van der Waals surface area contributed by atoms with Gasteiger partial charge < -0.3 is 14.5 Å². The second-order valence-electron chi connectivity index (χ2n) is 9.21. The minimum Gasteiger partial charge on any atom is -0.449 e. The molecule has 4 bridgehead atoms. The van der Waals surface area contributed by atoms with Crippen LogP contribution < -0.4 is 10.7 Å². The van der Waals surface area contributed by atoms with Gasteiger partial charge >= 0.3 is 5.97 Å². The normalized spacial score (nSPS) is 30.9. The number of hydrogen-bond donors (Lipinski definition) is 1. The lowest BCUT2D eigenvalue weighted by Gasteiger charge is -2.57. The van der Waals surface area contributed by atoms with E-state index in [1.807, 2.05) is 0 Å². The first-order valence-corrected chi connectivity index (χ1v) is 10.5. The largest absolute Gasteiger partial charge is 0.449 e. The van der Waals surface area contributed by atoms with E-state index in [4.69, 9.17) is 9.15 Å². The lowest BCUT2D eigenvalue weighted by Crippen LogP contribution is -2.61. The zero-order valence-corrected chi connectivity index (χ0v) is 16.5. The second kappa shape index (κ2) is 6.71. The number of ether oxygens (including phenoxy) is 1. The Hall–Kier alpha value is -2.63. The van der Waals surface area contributed by atoms with Gasteiger partial charge in [-0.05, 0) is 75.3 Å². The van der Waals surface area contributed by atoms with Gasteiger partial charge in [-0.2, -0.15) is 0 Å². The van der Waals surface area contributed by atoms with Crippen LogP contribution in [-0.4, -0.2) is 23.5 Å². The van der Waals surface area contributed by atoms with Crippen LogP contribution in [0.5, 0.6) is 0 Å². The van der Waals surface area contributed by atoms with Crippen LogP contribution in [0, 0.1) is 17.8 Å². The number of nitrogens with one attached hydrogen (secondary N) is 1. The Labute approximate surface area is 168 Å². The highest BCUT2D eigenvalue weighted by molar-refractivity contribution is 5.91. The molecule has 29 heavy (non-hydrogen) atoms. The third-order valence-electron chi connectivity index (χ3n) is 6.92. The van der Waals surface area contributed by atoms with Crippen molar-refractivity contribution in [3.05, 3.63) is 46.3 Å². The molecular weight excluding hydrogens is 370 g/mol. The van der Waals surface area contributed by atoms with Crippen molar-refractivity contribution in [2.45, 2.75) is 57.1 Å². The molecule has 0 spiro atoms. The number of esters is 1. The molecule has 0 aliphatic heterocycles. The number of amides is 1. The van der Waals surface area contributed by atoms with E-state index >= 15 is 0 Å². The summed E-state index contributed by atoms with van der Waals surface area (Å²) >= 11 is 0. The molecule has 6 nitrogen and oxygen atoms in total. The molecule has 2 aromatic rings. The SMILES string of the molecule is C[C@H](OC(=O)c1cc(=O)c2ccccc2o1)C(=O)NC12CC3CC(CC(C3)C1)C2. The first-order chi connectivity index (χ1) is 13.9. The molecule has 0 saturated heterocycles. The van der Waals surface area contributed by atoms with E-state index in [1.54, 1.807) is 31.2 Å². The fourth-order valence-corrected chi connectivity index (χ4v) is 6.10. The van der Waals surface area contributed by atoms with E-state index in [0.29, 0.717) is 28.7 Å². The summed E-state index contributed by atoms with van der Waals surface area (Å²) in [6, 6.07) is 7.83. The quantitative estimate of drug-likeness (QED) is 0.802. The Bertz CT molecular complexity index is 1000. The van der Waals surface area contributed by atoms with E-state index < -0.39 is 12.1 Å². The van der Waals surface area contributed by atoms with Crippen molar-refractivity contribution in [2.75, 3.05) is 0 Å². The summed E-state index contributed by atoms with van der Waals surface area (Å²) in [6.45, 7) is 1.56. The maximum Gasteiger partial charge on any atom is 0.375 e. The molecule has 1 aromatic heterocycles. The Morgan fingerprint density at radius 2 is 1.72 bits per heavy atom. The highest BCUT2D eigenvalue weighted by atomic mass is 16.6. The molecule has 1 heterocycles. The minimum atomic E-state index is -0.952. The number of hydrogen-bond acceptors (Lipinski definition) is 5. The van der Waals surface area contributed by atoms with E-state index in [1.165, 1.54) is 19.3 Å². The predicted molar refractivity (Wildman–Crippen MR) is 106 cm³/mol. The average molecular weight is 395 g/mol. The molecule has 0 radical (unpaired) electrons. The van der Waals surface area contributed by atoms with Crippen molar-refractivity contribution >= 4 is 22.8 Å². The molecule has 4 saturated carbocycles. The Balaban J connectivity index is 1.28. The predicted octanol–water partition coefficient (Wildman–Crippen LogP) is 3.42. The zero-order chi connectivity index (χ0) is 20.2. The van der Waals surface area contributed by atoms with Crippen LogP contribution in [0.1, 0.15) is 56.0 Å². The van der Waals surface area contributed by atoms with Crippen molar-refractivity contribution < 1.29 is 18.7 Å². The Morgan fingerprint density at radius 1 is 1.10 bits per heavy atom. The first-order valence-electron chi connectivity index (χ1n) is 10.5. The van der Waals surface area contributed by atoms with E-state index in [2.05, 4.69) is 5.32 Å². The summed E-state index contributed by atoms with van der Waals surface area (Å²) in [5, 5.41) is 3.61. The van der Waals surface area contributed by atoms with Crippen LogP contribution in [-0.2, 0) is 9.53 Å². The molecule has 1 N–H and O–H groups in total. The smallest absolute Gasteiger partial charge is 0.375 e. The van der Waals surface area contributed by atoms with Gasteiger partial charge in [-0.3, -0.25) is 9.59 Å². The topological polar surface area (TPSA) is 85.6 Å². The summed E-state index contributed by atoms with van der Waals surface area (Å²) < 4.78 is 10.8. The molecule has 1 amide bonds. The molecule has 1 atom stereocenters.